The van der Waals surface area contributed by atoms with Gasteiger partial charge in [0.1, 0.15) is 5.03 Å². The maximum Gasteiger partial charge on any atom is 0.252 e. The van der Waals surface area contributed by atoms with Gasteiger partial charge in [0.15, 0.2) is 0 Å². The molecule has 14 heavy (non-hydrogen) atoms. The van der Waals surface area contributed by atoms with Gasteiger partial charge >= 0.3 is 0 Å². The van der Waals surface area contributed by atoms with Crippen LogP contribution >= 0.6 is 0 Å². The van der Waals surface area contributed by atoms with Gasteiger partial charge in [0.2, 0.25) is 0 Å². The van der Waals surface area contributed by atoms with Gasteiger partial charge in [-0.25, -0.2) is 13.6 Å². The molecule has 0 bridgehead atoms. The van der Waals surface area contributed by atoms with Crippen molar-refractivity contribution in [3.05, 3.63) is 11.1 Å². The summed E-state index contributed by atoms with van der Waals surface area (Å²) in [7, 11) is -3.82. The molecule has 0 aromatic rings. The summed E-state index contributed by atoms with van der Waals surface area (Å²) in [6.07, 6.45) is 3.49. The minimum atomic E-state index is -3.82. The monoisotopic (exact) mass is 219 g/mol. The van der Waals surface area contributed by atoms with Gasteiger partial charge < -0.3 is 10.8 Å². The molecule has 5 N–H and O–H groups in total. The van der Waals surface area contributed by atoms with Gasteiger partial charge in [-0.1, -0.05) is 0 Å². The number of aliphatic imine (C=N–C) groups is 1. The van der Waals surface area contributed by atoms with Crippen LogP contribution in [0.2, 0.25) is 0 Å². The highest BCUT2D eigenvalue weighted by atomic mass is 32.2. The van der Waals surface area contributed by atoms with E-state index in [1.54, 1.807) is 0 Å². The zero-order chi connectivity index (χ0) is 10.8. The van der Waals surface area contributed by atoms with E-state index in [1.807, 2.05) is 0 Å². The van der Waals surface area contributed by atoms with Crippen molar-refractivity contribution in [2.45, 2.75) is 25.0 Å². The van der Waals surface area contributed by atoms with Crippen LogP contribution in [0, 0.1) is 0 Å². The summed E-state index contributed by atoms with van der Waals surface area (Å²) in [6, 6.07) is -0.139. The van der Waals surface area contributed by atoms with Gasteiger partial charge in [-0.3, -0.25) is 4.99 Å². The van der Waals surface area contributed by atoms with Crippen LogP contribution in [0.25, 0.3) is 0 Å². The fourth-order valence-electron chi connectivity index (χ4n) is 0.961. The number of hydrogen-bond acceptors (Lipinski definition) is 5. The minimum Gasteiger partial charge on any atom is -0.391 e. The highest BCUT2D eigenvalue weighted by molar-refractivity contribution is 7.93. The fraction of sp³-hybridized carbons (Fsp3) is 0.571. The quantitative estimate of drug-likeness (QED) is 0.509. The minimum absolute atomic E-state index is 0.139. The van der Waals surface area contributed by atoms with Crippen LogP contribution in [0.1, 0.15) is 12.8 Å². The molecule has 0 aromatic carbocycles. The van der Waals surface area contributed by atoms with Crippen molar-refractivity contribution in [3.63, 3.8) is 0 Å². The number of nitrogens with zero attached hydrogens (tertiary/aromatic N) is 1. The van der Waals surface area contributed by atoms with Crippen LogP contribution < -0.4 is 10.9 Å². The molecule has 0 unspecified atom stereocenters. The van der Waals surface area contributed by atoms with Crippen LogP contribution in [0.15, 0.2) is 16.1 Å². The predicted molar refractivity (Wildman–Crippen MR) is 52.9 cm³/mol. The highest BCUT2D eigenvalue weighted by Gasteiger charge is 2.27. The van der Waals surface area contributed by atoms with Crippen LogP contribution in [0.4, 0.5) is 0 Å². The van der Waals surface area contributed by atoms with Crippen molar-refractivity contribution in [1.29, 1.82) is 0 Å². The molecule has 1 saturated carbocycles. The lowest BCUT2D eigenvalue weighted by Gasteiger charge is -2.28. The summed E-state index contributed by atoms with van der Waals surface area (Å²) < 4.78 is 21.3. The number of nitrogens with two attached hydrogens (primary N) is 2. The van der Waals surface area contributed by atoms with Gasteiger partial charge in [0.05, 0.1) is 12.1 Å². The summed E-state index contributed by atoms with van der Waals surface area (Å²) in [6.45, 7) is 0. The van der Waals surface area contributed by atoms with E-state index in [0.717, 1.165) is 18.9 Å². The molecule has 0 spiro atoms. The smallest absolute Gasteiger partial charge is 0.252 e. The van der Waals surface area contributed by atoms with E-state index in [4.69, 9.17) is 16.0 Å². The molecule has 7 heteroatoms. The first-order chi connectivity index (χ1) is 6.41. The van der Waals surface area contributed by atoms with Crippen LogP contribution in [0.3, 0.4) is 0 Å². The lowest BCUT2D eigenvalue weighted by atomic mass is 9.90. The molecule has 1 aliphatic rings. The Labute approximate surface area is 82.4 Å². The Hall–Kier alpha value is -0.920. The molecule has 80 valence electrons. The van der Waals surface area contributed by atoms with Crippen molar-refractivity contribution in [3.8, 4) is 0 Å². The molecule has 0 radical (unpaired) electrons. The summed E-state index contributed by atoms with van der Waals surface area (Å²) >= 11 is 0. The Morgan fingerprint density at radius 2 is 2.14 bits per heavy atom. The number of primary sulfonamides is 1. The van der Waals surface area contributed by atoms with Crippen molar-refractivity contribution in [2.75, 3.05) is 0 Å². The Morgan fingerprint density at radius 1 is 1.50 bits per heavy atom. The van der Waals surface area contributed by atoms with Crippen LogP contribution in [-0.4, -0.2) is 31.9 Å². The number of sulfonamides is 1. The lowest BCUT2D eigenvalue weighted by molar-refractivity contribution is 0.0707. The third-order valence-corrected chi connectivity index (χ3v) is 2.84. The molecule has 2 atom stereocenters. The standard InChI is InChI=1S/C7H13N3O3S/c8-7(14(9,12)13)3-4-10-5-1-2-6(5)11/h3-6,11H,1-2,8H2,(H2,9,12,13)/b7-3+,10-4?/t5-,6+/m1/s1. The second kappa shape index (κ2) is 4.07. The first-order valence-electron chi connectivity index (χ1n) is 4.11. The van der Waals surface area contributed by atoms with E-state index in [-0.39, 0.29) is 6.04 Å². The molecule has 0 aromatic heterocycles. The van der Waals surface area contributed by atoms with Gasteiger partial charge in [0.25, 0.3) is 10.0 Å². The van der Waals surface area contributed by atoms with Gasteiger partial charge in [-0.2, -0.15) is 0 Å². The Kier molecular flexibility index (Phi) is 3.25. The van der Waals surface area contributed by atoms with Crippen molar-refractivity contribution in [1.82, 2.24) is 0 Å². The molecular weight excluding hydrogens is 206 g/mol. The predicted octanol–water partition coefficient (Wildman–Crippen LogP) is -1.33. The van der Waals surface area contributed by atoms with Crippen LogP contribution in [-0.2, 0) is 10.0 Å². The van der Waals surface area contributed by atoms with Gasteiger partial charge in [-0.15, -0.1) is 0 Å². The van der Waals surface area contributed by atoms with Crippen molar-refractivity contribution in [2.24, 2.45) is 15.9 Å². The van der Waals surface area contributed by atoms with E-state index in [2.05, 4.69) is 4.99 Å². The molecular formula is C7H13N3O3S. The van der Waals surface area contributed by atoms with E-state index >= 15 is 0 Å². The zero-order valence-corrected chi connectivity index (χ0v) is 8.31. The molecule has 6 nitrogen and oxygen atoms in total. The Morgan fingerprint density at radius 3 is 2.50 bits per heavy atom. The van der Waals surface area contributed by atoms with E-state index in [9.17, 15) is 8.42 Å². The third kappa shape index (κ3) is 2.79. The number of aliphatic hydroxyl groups is 1. The first kappa shape index (κ1) is 11.2. The van der Waals surface area contributed by atoms with Crippen molar-refractivity contribution < 1.29 is 13.5 Å². The zero-order valence-electron chi connectivity index (χ0n) is 7.50. The second-order valence-corrected chi connectivity index (χ2v) is 4.69. The molecule has 0 heterocycles. The summed E-state index contributed by atoms with van der Waals surface area (Å²) in [4.78, 5) is 3.91. The van der Waals surface area contributed by atoms with E-state index in [0.29, 0.717) is 0 Å². The molecule has 1 aliphatic carbocycles. The summed E-state index contributed by atoms with van der Waals surface area (Å²) in [5, 5.41) is 13.4. The Bertz CT molecular complexity index is 360. The SMILES string of the molecule is N/C(=C\C=N[C@@H]1CC[C@@H]1O)S(N)(=O)=O. The normalized spacial score (nSPS) is 29.1. The third-order valence-electron chi connectivity index (χ3n) is 2.05. The number of hydrogen-bond donors (Lipinski definition) is 3. The molecule has 0 amide bonds. The van der Waals surface area contributed by atoms with Gasteiger partial charge in [0, 0.05) is 6.21 Å². The maximum atomic E-state index is 10.6. The summed E-state index contributed by atoms with van der Waals surface area (Å²) in [5.74, 6) is 0. The fourth-order valence-corrected chi connectivity index (χ4v) is 1.21. The molecule has 0 aliphatic heterocycles. The lowest BCUT2D eigenvalue weighted by Crippen LogP contribution is -2.34. The second-order valence-electron chi connectivity index (χ2n) is 3.12. The number of rotatable bonds is 3. The average molecular weight is 219 g/mol. The summed E-state index contributed by atoms with van der Waals surface area (Å²) in [5.41, 5.74) is 5.13. The largest absolute Gasteiger partial charge is 0.391 e. The van der Waals surface area contributed by atoms with E-state index in [1.165, 1.54) is 6.21 Å². The van der Waals surface area contributed by atoms with Crippen LogP contribution in [0.5, 0.6) is 0 Å². The molecule has 1 rings (SSSR count). The number of allylic oxidation sites excluding steroid dienone is 1. The average Bonchev–Trinajstić information content (AvgIpc) is 2.07. The molecule has 1 fully saturated rings. The topological polar surface area (TPSA) is 119 Å². The van der Waals surface area contributed by atoms with E-state index < -0.39 is 21.2 Å². The first-order valence-corrected chi connectivity index (χ1v) is 5.65. The number of aliphatic hydroxyl groups excluding tert-OH is 1. The molecule has 0 saturated heterocycles. The Balaban J connectivity index is 2.54. The highest BCUT2D eigenvalue weighted by Crippen LogP contribution is 2.22. The van der Waals surface area contributed by atoms with Gasteiger partial charge in [-0.05, 0) is 18.9 Å². The maximum absolute atomic E-state index is 10.6. The van der Waals surface area contributed by atoms with Crippen molar-refractivity contribution >= 4 is 16.2 Å².